The van der Waals surface area contributed by atoms with Gasteiger partial charge in [-0.05, 0) is 43.5 Å². The van der Waals surface area contributed by atoms with E-state index in [2.05, 4.69) is 0 Å². The summed E-state index contributed by atoms with van der Waals surface area (Å²) in [5.74, 6) is 0.728. The molecule has 9 heteroatoms. The molecular weight excluding hydrogens is 384 g/mol. The Bertz CT molecular complexity index is 955. The smallest absolute Gasteiger partial charge is 0.312 e. The number of nitro benzene ring substituents is 1. The second-order valence-corrected chi connectivity index (χ2v) is 8.40. The fourth-order valence-electron chi connectivity index (χ4n) is 3.02. The molecule has 1 aliphatic heterocycles. The lowest BCUT2D eigenvalue weighted by molar-refractivity contribution is -0.386. The van der Waals surface area contributed by atoms with E-state index in [1.165, 1.54) is 16.4 Å². The number of para-hydroxylation sites is 1. The van der Waals surface area contributed by atoms with Gasteiger partial charge in [-0.1, -0.05) is 18.2 Å². The molecule has 8 nitrogen and oxygen atoms in total. The highest BCUT2D eigenvalue weighted by Gasteiger charge is 2.29. The van der Waals surface area contributed by atoms with E-state index in [1.54, 1.807) is 0 Å². The maximum atomic E-state index is 12.6. The average Bonchev–Trinajstić information content (AvgIpc) is 3.22. The van der Waals surface area contributed by atoms with Gasteiger partial charge in [-0.2, -0.15) is 4.31 Å². The zero-order valence-electron chi connectivity index (χ0n) is 15.5. The molecule has 1 heterocycles. The maximum absolute atomic E-state index is 12.6. The van der Waals surface area contributed by atoms with Crippen LogP contribution in [0.2, 0.25) is 0 Å². The van der Waals surface area contributed by atoms with E-state index in [9.17, 15) is 18.5 Å². The maximum Gasteiger partial charge on any atom is 0.312 e. The van der Waals surface area contributed by atoms with E-state index >= 15 is 0 Å². The van der Waals surface area contributed by atoms with Crippen molar-refractivity contribution in [2.45, 2.75) is 24.7 Å². The van der Waals surface area contributed by atoms with Crippen LogP contribution in [0.25, 0.3) is 0 Å². The first kappa shape index (κ1) is 20.1. The van der Waals surface area contributed by atoms with E-state index in [-0.39, 0.29) is 29.5 Å². The lowest BCUT2D eigenvalue weighted by atomic mass is 10.2. The van der Waals surface area contributed by atoms with Crippen LogP contribution in [0, 0.1) is 17.0 Å². The Morgan fingerprint density at radius 3 is 2.32 bits per heavy atom. The van der Waals surface area contributed by atoms with Crippen LogP contribution in [0.4, 0.5) is 5.69 Å². The van der Waals surface area contributed by atoms with Crippen LogP contribution >= 0.6 is 0 Å². The van der Waals surface area contributed by atoms with Gasteiger partial charge in [0.15, 0.2) is 5.75 Å². The SMILES string of the molecule is Cc1ccccc1OCCOc1ccc(S(=O)(=O)N2CCCC2)cc1[N+](=O)[O-]. The average molecular weight is 406 g/mol. The van der Waals surface area contributed by atoms with Gasteiger partial charge >= 0.3 is 5.69 Å². The molecule has 0 aliphatic carbocycles. The van der Waals surface area contributed by atoms with Gasteiger partial charge in [0.1, 0.15) is 19.0 Å². The van der Waals surface area contributed by atoms with Crippen LogP contribution in [0.1, 0.15) is 18.4 Å². The third-order valence-electron chi connectivity index (χ3n) is 4.52. The monoisotopic (exact) mass is 406 g/mol. The highest BCUT2D eigenvalue weighted by molar-refractivity contribution is 7.89. The number of rotatable bonds is 8. The van der Waals surface area contributed by atoms with Crippen LogP contribution in [0.3, 0.4) is 0 Å². The molecule has 150 valence electrons. The first-order valence-electron chi connectivity index (χ1n) is 8.99. The first-order valence-corrected chi connectivity index (χ1v) is 10.4. The Kier molecular flexibility index (Phi) is 6.15. The predicted molar refractivity (Wildman–Crippen MR) is 103 cm³/mol. The number of benzene rings is 2. The van der Waals surface area contributed by atoms with Crippen molar-refractivity contribution >= 4 is 15.7 Å². The number of hydrogen-bond donors (Lipinski definition) is 0. The molecule has 0 bridgehead atoms. The number of ether oxygens (including phenoxy) is 2. The minimum Gasteiger partial charge on any atom is -0.490 e. The summed E-state index contributed by atoms with van der Waals surface area (Å²) in [6, 6.07) is 11.2. The van der Waals surface area contributed by atoms with Crippen LogP contribution in [0.5, 0.6) is 11.5 Å². The van der Waals surface area contributed by atoms with Gasteiger partial charge < -0.3 is 9.47 Å². The van der Waals surface area contributed by atoms with Crippen molar-refractivity contribution in [3.8, 4) is 11.5 Å². The molecule has 0 atom stereocenters. The quantitative estimate of drug-likeness (QED) is 0.379. The standard InChI is InChI=1S/C19H22N2O6S/c1-15-6-2-3-7-18(15)26-12-13-27-19-9-8-16(14-17(19)21(22)23)28(24,25)20-10-4-5-11-20/h2-3,6-9,14H,4-5,10-13H2,1H3. The molecular formula is C19H22N2O6S. The highest BCUT2D eigenvalue weighted by atomic mass is 32.2. The first-order chi connectivity index (χ1) is 13.4. The van der Waals surface area contributed by atoms with Gasteiger partial charge in [-0.3, -0.25) is 10.1 Å². The van der Waals surface area contributed by atoms with Crippen molar-refractivity contribution in [3.05, 3.63) is 58.1 Å². The van der Waals surface area contributed by atoms with Crippen molar-refractivity contribution in [2.24, 2.45) is 0 Å². The molecule has 2 aromatic rings. The lowest BCUT2D eigenvalue weighted by Gasteiger charge is -2.16. The van der Waals surface area contributed by atoms with Gasteiger partial charge in [0.05, 0.1) is 9.82 Å². The Balaban J connectivity index is 1.69. The fraction of sp³-hybridized carbons (Fsp3) is 0.368. The van der Waals surface area contributed by atoms with Gasteiger partial charge in [0, 0.05) is 19.2 Å². The molecule has 0 amide bonds. The summed E-state index contributed by atoms with van der Waals surface area (Å²) in [6.07, 6.45) is 1.59. The Hall–Kier alpha value is -2.65. The molecule has 2 aromatic carbocycles. The molecule has 0 saturated carbocycles. The van der Waals surface area contributed by atoms with Crippen molar-refractivity contribution in [1.82, 2.24) is 4.31 Å². The van der Waals surface area contributed by atoms with Gasteiger partial charge in [0.25, 0.3) is 0 Å². The Morgan fingerprint density at radius 2 is 1.68 bits per heavy atom. The predicted octanol–water partition coefficient (Wildman–Crippen LogP) is 3.15. The van der Waals surface area contributed by atoms with E-state index < -0.39 is 14.9 Å². The number of sulfonamides is 1. The Morgan fingerprint density at radius 1 is 1.04 bits per heavy atom. The zero-order valence-corrected chi connectivity index (χ0v) is 16.4. The summed E-state index contributed by atoms with van der Waals surface area (Å²) in [4.78, 5) is 10.7. The zero-order chi connectivity index (χ0) is 20.1. The normalized spacial score (nSPS) is 14.8. The molecule has 28 heavy (non-hydrogen) atoms. The second-order valence-electron chi connectivity index (χ2n) is 6.46. The molecule has 1 saturated heterocycles. The minimum atomic E-state index is -3.73. The van der Waals surface area contributed by atoms with Gasteiger partial charge in [-0.25, -0.2) is 8.42 Å². The summed E-state index contributed by atoms with van der Waals surface area (Å²) in [5.41, 5.74) is 0.598. The third kappa shape index (κ3) is 4.42. The summed E-state index contributed by atoms with van der Waals surface area (Å²) < 4.78 is 37.7. The second kappa shape index (κ2) is 8.57. The number of nitro groups is 1. The van der Waals surface area contributed by atoms with Crippen molar-refractivity contribution in [3.63, 3.8) is 0 Å². The molecule has 1 aliphatic rings. The van der Waals surface area contributed by atoms with Crippen LogP contribution in [-0.4, -0.2) is 43.9 Å². The molecule has 1 fully saturated rings. The number of aryl methyl sites for hydroxylation is 1. The van der Waals surface area contributed by atoms with E-state index in [0.717, 1.165) is 24.5 Å². The number of hydrogen-bond acceptors (Lipinski definition) is 6. The fourth-order valence-corrected chi connectivity index (χ4v) is 4.56. The topological polar surface area (TPSA) is 99.0 Å². The molecule has 0 radical (unpaired) electrons. The molecule has 0 unspecified atom stereocenters. The van der Waals surface area contributed by atoms with Crippen molar-refractivity contribution in [2.75, 3.05) is 26.3 Å². The van der Waals surface area contributed by atoms with Crippen LogP contribution in [-0.2, 0) is 10.0 Å². The summed E-state index contributed by atoms with van der Waals surface area (Å²) in [6.45, 7) is 3.08. The van der Waals surface area contributed by atoms with E-state index in [4.69, 9.17) is 9.47 Å². The lowest BCUT2D eigenvalue weighted by Crippen LogP contribution is -2.27. The van der Waals surface area contributed by atoms with E-state index in [0.29, 0.717) is 18.8 Å². The minimum absolute atomic E-state index is 0.0127. The van der Waals surface area contributed by atoms with Gasteiger partial charge in [-0.15, -0.1) is 0 Å². The molecule has 0 spiro atoms. The Labute approximate surface area is 163 Å². The number of nitrogens with zero attached hydrogens (tertiary/aromatic N) is 2. The molecule has 0 aromatic heterocycles. The van der Waals surface area contributed by atoms with E-state index in [1.807, 2.05) is 31.2 Å². The molecule has 0 N–H and O–H groups in total. The van der Waals surface area contributed by atoms with Crippen LogP contribution < -0.4 is 9.47 Å². The summed E-state index contributed by atoms with van der Waals surface area (Å²) >= 11 is 0. The summed E-state index contributed by atoms with van der Waals surface area (Å²) in [7, 11) is -3.73. The largest absolute Gasteiger partial charge is 0.490 e. The molecule has 3 rings (SSSR count). The summed E-state index contributed by atoms with van der Waals surface area (Å²) in [5, 5.41) is 11.4. The van der Waals surface area contributed by atoms with Crippen LogP contribution in [0.15, 0.2) is 47.4 Å². The van der Waals surface area contributed by atoms with Gasteiger partial charge in [0.2, 0.25) is 10.0 Å². The third-order valence-corrected chi connectivity index (χ3v) is 6.42. The van der Waals surface area contributed by atoms with Crippen molar-refractivity contribution < 1.29 is 22.8 Å². The van der Waals surface area contributed by atoms with Crippen molar-refractivity contribution in [1.29, 1.82) is 0 Å². The highest BCUT2D eigenvalue weighted by Crippen LogP contribution is 2.31.